The Kier molecular flexibility index (Phi) is 5.67. The minimum Gasteiger partial charge on any atom is -0.497 e. The topological polar surface area (TPSA) is 43.2 Å². The van der Waals surface area contributed by atoms with E-state index in [-0.39, 0.29) is 5.91 Å². The molecule has 1 aliphatic rings. The van der Waals surface area contributed by atoms with Crippen LogP contribution in [-0.4, -0.2) is 51.2 Å². The third kappa shape index (κ3) is 4.20. The highest BCUT2D eigenvalue weighted by Gasteiger charge is 2.25. The zero-order valence-corrected chi connectivity index (χ0v) is 17.0. The van der Waals surface area contributed by atoms with Crippen LogP contribution in [0.15, 0.2) is 60.7 Å². The van der Waals surface area contributed by atoms with Gasteiger partial charge in [-0.3, -0.25) is 4.79 Å². The van der Waals surface area contributed by atoms with Crippen molar-refractivity contribution in [1.82, 2.24) is 4.90 Å². The molecule has 0 unspecified atom stereocenters. The smallest absolute Gasteiger partial charge is 0.254 e. The van der Waals surface area contributed by atoms with E-state index in [1.807, 2.05) is 4.90 Å². The van der Waals surface area contributed by atoms with Gasteiger partial charge in [-0.25, -0.2) is 0 Å². The summed E-state index contributed by atoms with van der Waals surface area (Å²) < 4.78 is 10.6. The number of benzene rings is 3. The summed E-state index contributed by atoms with van der Waals surface area (Å²) in [7, 11) is 3.19. The molecule has 4 rings (SSSR count). The molecule has 3 aromatic rings. The van der Waals surface area contributed by atoms with Gasteiger partial charge in [0, 0.05) is 17.2 Å². The number of methoxy groups -OCH3 is 2. The molecule has 1 heterocycles. The number of hydrogen-bond donors (Lipinski definition) is 1. The molecule has 3 aromatic carbocycles. The third-order valence-electron chi connectivity index (χ3n) is 5.68. The number of ether oxygens (including phenoxy) is 2. The molecule has 1 fully saturated rings. The van der Waals surface area contributed by atoms with Gasteiger partial charge in [-0.1, -0.05) is 42.5 Å². The molecular weight excluding hydrogens is 364 g/mol. The second kappa shape index (κ2) is 8.53. The van der Waals surface area contributed by atoms with Crippen molar-refractivity contribution in [1.29, 1.82) is 0 Å². The van der Waals surface area contributed by atoms with Gasteiger partial charge in [0.05, 0.1) is 40.4 Å². The first-order valence-electron chi connectivity index (χ1n) is 10.0. The van der Waals surface area contributed by atoms with Crippen LogP contribution in [0.1, 0.15) is 15.9 Å². The average molecular weight is 391 g/mol. The van der Waals surface area contributed by atoms with Crippen LogP contribution in [0, 0.1) is 0 Å². The maximum atomic E-state index is 13.0. The highest BCUT2D eigenvalue weighted by Crippen LogP contribution is 2.23. The van der Waals surface area contributed by atoms with Crippen LogP contribution in [0.4, 0.5) is 0 Å². The van der Waals surface area contributed by atoms with E-state index < -0.39 is 0 Å². The molecule has 1 amide bonds. The number of nitrogens with zero attached hydrogens (tertiary/aromatic N) is 1. The number of nitrogens with one attached hydrogen (secondary N) is 1. The van der Waals surface area contributed by atoms with Crippen molar-refractivity contribution >= 4 is 16.7 Å². The van der Waals surface area contributed by atoms with E-state index in [1.165, 1.54) is 21.2 Å². The number of rotatable bonds is 5. The van der Waals surface area contributed by atoms with E-state index in [1.54, 1.807) is 32.4 Å². The van der Waals surface area contributed by atoms with E-state index in [0.29, 0.717) is 17.1 Å². The summed E-state index contributed by atoms with van der Waals surface area (Å²) in [5, 5.41) is 2.61. The number of carbonyl (C=O) groups is 1. The lowest BCUT2D eigenvalue weighted by Gasteiger charge is -2.32. The molecule has 150 valence electrons. The predicted octanol–water partition coefficient (Wildman–Crippen LogP) is 2.40. The Labute approximate surface area is 171 Å². The number of hydrogen-bond acceptors (Lipinski definition) is 3. The quantitative estimate of drug-likeness (QED) is 0.726. The summed E-state index contributed by atoms with van der Waals surface area (Å²) in [4.78, 5) is 16.4. The Hall–Kier alpha value is -3.05. The van der Waals surface area contributed by atoms with Crippen molar-refractivity contribution in [3.05, 3.63) is 71.8 Å². The van der Waals surface area contributed by atoms with Gasteiger partial charge in [0.25, 0.3) is 5.91 Å². The molecule has 0 atom stereocenters. The Morgan fingerprint density at radius 1 is 0.931 bits per heavy atom. The lowest BCUT2D eigenvalue weighted by molar-refractivity contribution is -0.917. The lowest BCUT2D eigenvalue weighted by atomic mass is 10.0. The van der Waals surface area contributed by atoms with E-state index in [9.17, 15) is 4.79 Å². The fraction of sp³-hybridized carbons (Fsp3) is 0.292. The molecular formula is C24H27N2O3+. The van der Waals surface area contributed by atoms with Crippen molar-refractivity contribution in [2.45, 2.75) is 6.54 Å². The second-order valence-corrected chi connectivity index (χ2v) is 7.46. The number of quaternary nitrogens is 1. The molecule has 0 spiro atoms. The molecule has 1 N–H and O–H groups in total. The SMILES string of the molecule is COc1cc(OC)cc(C(=O)N2CC[NH+](Cc3cccc4ccccc34)CC2)c1. The monoisotopic (exact) mass is 391 g/mol. The summed E-state index contributed by atoms with van der Waals surface area (Å²) in [5.41, 5.74) is 1.98. The first kappa shape index (κ1) is 19.3. The van der Waals surface area contributed by atoms with Gasteiger partial charge in [-0.05, 0) is 22.9 Å². The van der Waals surface area contributed by atoms with E-state index in [0.717, 1.165) is 32.7 Å². The van der Waals surface area contributed by atoms with Gasteiger partial charge >= 0.3 is 0 Å². The van der Waals surface area contributed by atoms with Crippen molar-refractivity contribution < 1.29 is 19.2 Å². The Balaban J connectivity index is 1.42. The van der Waals surface area contributed by atoms with E-state index in [2.05, 4.69) is 42.5 Å². The summed E-state index contributed by atoms with van der Waals surface area (Å²) in [6.45, 7) is 4.36. The van der Waals surface area contributed by atoms with Gasteiger partial charge < -0.3 is 19.3 Å². The largest absolute Gasteiger partial charge is 0.497 e. The standard InChI is InChI=1S/C24H26N2O3/c1-28-21-14-20(15-22(16-21)29-2)24(27)26-12-10-25(11-13-26)17-19-8-5-7-18-6-3-4-9-23(18)19/h3-9,14-16H,10-13,17H2,1-2H3/p+1. The highest BCUT2D eigenvalue weighted by atomic mass is 16.5. The van der Waals surface area contributed by atoms with Crippen LogP contribution < -0.4 is 14.4 Å². The first-order valence-corrected chi connectivity index (χ1v) is 10.0. The van der Waals surface area contributed by atoms with Crippen molar-refractivity contribution in [2.75, 3.05) is 40.4 Å². The molecule has 0 radical (unpaired) electrons. The maximum Gasteiger partial charge on any atom is 0.254 e. The van der Waals surface area contributed by atoms with Crippen LogP contribution in [0.25, 0.3) is 10.8 Å². The minimum atomic E-state index is 0.0337. The molecule has 1 saturated heterocycles. The van der Waals surface area contributed by atoms with Crippen LogP contribution in [0.2, 0.25) is 0 Å². The average Bonchev–Trinajstić information content (AvgIpc) is 2.79. The Morgan fingerprint density at radius 3 is 2.28 bits per heavy atom. The summed E-state index contributed by atoms with van der Waals surface area (Å²) >= 11 is 0. The number of carbonyl (C=O) groups excluding carboxylic acids is 1. The van der Waals surface area contributed by atoms with E-state index >= 15 is 0 Å². The molecule has 5 heteroatoms. The first-order chi connectivity index (χ1) is 14.2. The fourth-order valence-corrected chi connectivity index (χ4v) is 4.03. The summed E-state index contributed by atoms with van der Waals surface area (Å²) in [5.74, 6) is 1.30. The summed E-state index contributed by atoms with van der Waals surface area (Å²) in [6.07, 6.45) is 0. The number of fused-ring (bicyclic) bond motifs is 1. The summed E-state index contributed by atoms with van der Waals surface area (Å²) in [6, 6.07) is 20.4. The van der Waals surface area contributed by atoms with Crippen molar-refractivity contribution in [2.24, 2.45) is 0 Å². The highest BCUT2D eigenvalue weighted by molar-refractivity contribution is 5.95. The van der Waals surface area contributed by atoms with Gasteiger partial charge in [-0.15, -0.1) is 0 Å². The zero-order chi connectivity index (χ0) is 20.2. The lowest BCUT2D eigenvalue weighted by Crippen LogP contribution is -3.13. The van der Waals surface area contributed by atoms with Gasteiger partial charge in [0.2, 0.25) is 0 Å². The molecule has 29 heavy (non-hydrogen) atoms. The van der Waals surface area contributed by atoms with Crippen LogP contribution in [0.5, 0.6) is 11.5 Å². The predicted molar refractivity (Wildman–Crippen MR) is 114 cm³/mol. The number of piperazine rings is 1. The van der Waals surface area contributed by atoms with Crippen LogP contribution >= 0.6 is 0 Å². The van der Waals surface area contributed by atoms with Gasteiger partial charge in [0.15, 0.2) is 0 Å². The van der Waals surface area contributed by atoms with Crippen molar-refractivity contribution in [3.63, 3.8) is 0 Å². The normalized spacial score (nSPS) is 14.8. The maximum absolute atomic E-state index is 13.0. The molecule has 0 aromatic heterocycles. The van der Waals surface area contributed by atoms with Crippen molar-refractivity contribution in [3.8, 4) is 11.5 Å². The molecule has 0 aliphatic carbocycles. The fourth-order valence-electron chi connectivity index (χ4n) is 4.03. The molecule has 0 bridgehead atoms. The third-order valence-corrected chi connectivity index (χ3v) is 5.68. The number of amides is 1. The van der Waals surface area contributed by atoms with Crippen LogP contribution in [-0.2, 0) is 6.54 Å². The Bertz CT molecular complexity index is 982. The van der Waals surface area contributed by atoms with Crippen LogP contribution in [0.3, 0.4) is 0 Å². The zero-order valence-electron chi connectivity index (χ0n) is 17.0. The minimum absolute atomic E-state index is 0.0337. The second-order valence-electron chi connectivity index (χ2n) is 7.46. The van der Waals surface area contributed by atoms with E-state index in [4.69, 9.17) is 9.47 Å². The van der Waals surface area contributed by atoms with Gasteiger partial charge in [0.1, 0.15) is 18.0 Å². The molecule has 1 aliphatic heterocycles. The Morgan fingerprint density at radius 2 is 1.59 bits per heavy atom. The molecule has 0 saturated carbocycles. The van der Waals surface area contributed by atoms with Gasteiger partial charge in [-0.2, -0.15) is 0 Å². The molecule has 5 nitrogen and oxygen atoms in total.